The van der Waals surface area contributed by atoms with Crippen LogP contribution in [-0.4, -0.2) is 35.4 Å². The highest BCUT2D eigenvalue weighted by molar-refractivity contribution is 9.09. The summed E-state index contributed by atoms with van der Waals surface area (Å²) in [6.07, 6.45) is -0.784. The fourth-order valence-corrected chi connectivity index (χ4v) is 1.07. The molecule has 0 unspecified atom stereocenters. The number of rotatable bonds is 1. The Morgan fingerprint density at radius 2 is 2.33 bits per heavy atom. The van der Waals surface area contributed by atoms with Crippen molar-refractivity contribution in [3.63, 3.8) is 0 Å². The van der Waals surface area contributed by atoms with E-state index in [-0.39, 0.29) is 19.0 Å². The molecular formula is C5H7BrFNO. The maximum Gasteiger partial charge on any atom is 0.233 e. The molecule has 0 spiro atoms. The minimum absolute atomic E-state index is 0.0242. The maximum atomic E-state index is 12.1. The molecule has 1 amide bonds. The molecule has 0 aromatic rings. The first-order chi connectivity index (χ1) is 4.24. The van der Waals surface area contributed by atoms with E-state index in [2.05, 4.69) is 15.9 Å². The molecule has 0 radical (unpaired) electrons. The first kappa shape index (κ1) is 6.99. The van der Waals surface area contributed by atoms with Crippen LogP contribution in [0.4, 0.5) is 4.39 Å². The van der Waals surface area contributed by atoms with E-state index in [1.54, 1.807) is 0 Å². The smallest absolute Gasteiger partial charge is 0.233 e. The van der Waals surface area contributed by atoms with Gasteiger partial charge >= 0.3 is 0 Å². The van der Waals surface area contributed by atoms with Gasteiger partial charge in [0, 0.05) is 0 Å². The van der Waals surface area contributed by atoms with Crippen LogP contribution in [0, 0.1) is 0 Å². The van der Waals surface area contributed by atoms with Gasteiger partial charge in [0.1, 0.15) is 6.17 Å². The van der Waals surface area contributed by atoms with Gasteiger partial charge in [-0.05, 0) is 0 Å². The lowest BCUT2D eigenvalue weighted by molar-refractivity contribution is -0.135. The van der Waals surface area contributed by atoms with Crippen molar-refractivity contribution in [2.45, 2.75) is 6.17 Å². The van der Waals surface area contributed by atoms with Gasteiger partial charge in [0.25, 0.3) is 0 Å². The fourth-order valence-electron chi connectivity index (χ4n) is 0.713. The molecule has 0 N–H and O–H groups in total. The van der Waals surface area contributed by atoms with E-state index >= 15 is 0 Å². The number of hydrogen-bond donors (Lipinski definition) is 0. The molecule has 1 rings (SSSR count). The topological polar surface area (TPSA) is 20.3 Å². The van der Waals surface area contributed by atoms with E-state index < -0.39 is 6.17 Å². The number of nitrogens with zero attached hydrogens (tertiary/aromatic N) is 1. The zero-order chi connectivity index (χ0) is 6.85. The SMILES string of the molecule is O=C(CBr)N1CC(F)C1. The Hall–Kier alpha value is -0.120. The Morgan fingerprint density at radius 3 is 2.67 bits per heavy atom. The number of halogens is 2. The van der Waals surface area contributed by atoms with Crippen LogP contribution in [0.15, 0.2) is 0 Å². The Kier molecular flexibility index (Phi) is 2.05. The van der Waals surface area contributed by atoms with Crippen LogP contribution in [0.2, 0.25) is 0 Å². The molecule has 0 aliphatic carbocycles. The predicted octanol–water partition coefficient (Wildman–Crippen LogP) is 0.562. The first-order valence-electron chi connectivity index (χ1n) is 2.72. The van der Waals surface area contributed by atoms with Crippen molar-refractivity contribution in [2.75, 3.05) is 18.4 Å². The normalized spacial score (nSPS) is 19.6. The standard InChI is InChI=1S/C5H7BrFNO/c6-1-5(9)8-2-4(7)3-8/h4H,1-3H2. The van der Waals surface area contributed by atoms with Crippen LogP contribution in [0.5, 0.6) is 0 Å². The van der Waals surface area contributed by atoms with Gasteiger partial charge in [0.15, 0.2) is 0 Å². The van der Waals surface area contributed by atoms with E-state index in [1.165, 1.54) is 4.90 Å². The number of alkyl halides is 2. The summed E-state index contributed by atoms with van der Waals surface area (Å²) in [5.41, 5.74) is 0. The summed E-state index contributed by atoms with van der Waals surface area (Å²) in [5.74, 6) is -0.0242. The van der Waals surface area contributed by atoms with Crippen molar-refractivity contribution in [1.29, 1.82) is 0 Å². The highest BCUT2D eigenvalue weighted by atomic mass is 79.9. The highest BCUT2D eigenvalue weighted by Crippen LogP contribution is 2.11. The molecule has 0 aromatic heterocycles. The van der Waals surface area contributed by atoms with Crippen molar-refractivity contribution in [3.05, 3.63) is 0 Å². The van der Waals surface area contributed by atoms with E-state index in [9.17, 15) is 9.18 Å². The molecule has 0 saturated carbocycles. The number of likely N-dealkylation sites (tertiary alicyclic amines) is 1. The first-order valence-corrected chi connectivity index (χ1v) is 3.84. The summed E-state index contributed by atoms with van der Waals surface area (Å²) in [7, 11) is 0. The average molecular weight is 196 g/mol. The third-order valence-corrected chi connectivity index (χ3v) is 1.78. The molecule has 1 heterocycles. The third kappa shape index (κ3) is 1.41. The quantitative estimate of drug-likeness (QED) is 0.561. The summed E-state index contributed by atoms with van der Waals surface area (Å²) in [6, 6.07) is 0. The van der Waals surface area contributed by atoms with Crippen molar-refractivity contribution >= 4 is 21.8 Å². The molecule has 52 valence electrons. The van der Waals surface area contributed by atoms with Gasteiger partial charge in [-0.3, -0.25) is 4.79 Å². The molecule has 2 nitrogen and oxygen atoms in total. The minimum atomic E-state index is -0.784. The average Bonchev–Trinajstić information content (AvgIpc) is 1.79. The summed E-state index contributed by atoms with van der Waals surface area (Å²) in [6.45, 7) is 0.564. The largest absolute Gasteiger partial charge is 0.336 e. The van der Waals surface area contributed by atoms with Gasteiger partial charge < -0.3 is 4.90 Å². The number of carbonyl (C=O) groups excluding carboxylic acids is 1. The van der Waals surface area contributed by atoms with Gasteiger partial charge in [0.05, 0.1) is 18.4 Å². The van der Waals surface area contributed by atoms with E-state index in [4.69, 9.17) is 0 Å². The second-order valence-corrected chi connectivity index (χ2v) is 2.59. The van der Waals surface area contributed by atoms with Crippen molar-refractivity contribution in [2.24, 2.45) is 0 Å². The fraction of sp³-hybridized carbons (Fsp3) is 0.800. The monoisotopic (exact) mass is 195 g/mol. The minimum Gasteiger partial charge on any atom is -0.336 e. The van der Waals surface area contributed by atoms with E-state index in [1.807, 2.05) is 0 Å². The molecule has 1 fully saturated rings. The van der Waals surface area contributed by atoms with Gasteiger partial charge in [-0.15, -0.1) is 0 Å². The van der Waals surface area contributed by atoms with Gasteiger partial charge in [0.2, 0.25) is 5.91 Å². The molecule has 0 aromatic carbocycles. The lowest BCUT2D eigenvalue weighted by atomic mass is 10.2. The molecule has 9 heavy (non-hydrogen) atoms. The molecular weight excluding hydrogens is 189 g/mol. The number of hydrogen-bond acceptors (Lipinski definition) is 1. The lowest BCUT2D eigenvalue weighted by Crippen LogP contribution is -2.51. The van der Waals surface area contributed by atoms with Crippen molar-refractivity contribution in [3.8, 4) is 0 Å². The van der Waals surface area contributed by atoms with E-state index in [0.29, 0.717) is 5.33 Å². The van der Waals surface area contributed by atoms with Crippen LogP contribution >= 0.6 is 15.9 Å². The number of amides is 1. The maximum absolute atomic E-state index is 12.1. The zero-order valence-corrected chi connectivity index (χ0v) is 6.40. The molecule has 1 aliphatic rings. The predicted molar refractivity (Wildman–Crippen MR) is 35.3 cm³/mol. The van der Waals surface area contributed by atoms with Crippen molar-refractivity contribution < 1.29 is 9.18 Å². The third-order valence-electron chi connectivity index (χ3n) is 1.30. The number of carbonyl (C=O) groups is 1. The van der Waals surface area contributed by atoms with Crippen LogP contribution < -0.4 is 0 Å². The van der Waals surface area contributed by atoms with Crippen molar-refractivity contribution in [1.82, 2.24) is 4.90 Å². The summed E-state index contributed by atoms with van der Waals surface area (Å²) in [5, 5.41) is 0.305. The Balaban J connectivity index is 2.23. The lowest BCUT2D eigenvalue weighted by Gasteiger charge is -2.33. The summed E-state index contributed by atoms with van der Waals surface area (Å²) in [4.78, 5) is 12.1. The van der Waals surface area contributed by atoms with E-state index in [0.717, 1.165) is 0 Å². The van der Waals surface area contributed by atoms with Gasteiger partial charge in [-0.25, -0.2) is 4.39 Å². The summed E-state index contributed by atoms with van der Waals surface area (Å²) < 4.78 is 12.1. The van der Waals surface area contributed by atoms with Crippen LogP contribution in [0.3, 0.4) is 0 Å². The molecule has 1 aliphatic heterocycles. The molecule has 4 heteroatoms. The zero-order valence-electron chi connectivity index (χ0n) is 4.81. The second kappa shape index (κ2) is 2.64. The molecule has 0 bridgehead atoms. The van der Waals surface area contributed by atoms with Gasteiger partial charge in [-0.2, -0.15) is 0 Å². The Morgan fingerprint density at radius 1 is 1.78 bits per heavy atom. The molecule has 0 atom stereocenters. The Bertz CT molecular complexity index is 124. The van der Waals surface area contributed by atoms with Crippen LogP contribution in [0.1, 0.15) is 0 Å². The Labute approximate surface area is 61.1 Å². The van der Waals surface area contributed by atoms with Gasteiger partial charge in [-0.1, -0.05) is 15.9 Å². The second-order valence-electron chi connectivity index (χ2n) is 2.03. The summed E-state index contributed by atoms with van der Waals surface area (Å²) >= 11 is 3.00. The van der Waals surface area contributed by atoms with Crippen LogP contribution in [0.25, 0.3) is 0 Å². The highest BCUT2D eigenvalue weighted by Gasteiger charge is 2.29. The van der Waals surface area contributed by atoms with Crippen LogP contribution in [-0.2, 0) is 4.79 Å². The molecule has 1 saturated heterocycles.